The summed E-state index contributed by atoms with van der Waals surface area (Å²) in [4.78, 5) is 46.1. The molecule has 2 fully saturated rings. The Morgan fingerprint density at radius 1 is 1.14 bits per heavy atom. The predicted molar refractivity (Wildman–Crippen MR) is 109 cm³/mol. The van der Waals surface area contributed by atoms with Gasteiger partial charge in [-0.3, -0.25) is 25.2 Å². The van der Waals surface area contributed by atoms with Crippen LogP contribution >= 0.6 is 22.7 Å². The minimum absolute atomic E-state index is 0.154. The summed E-state index contributed by atoms with van der Waals surface area (Å²) < 4.78 is 5.32. The number of morpholine rings is 1. The standard InChI is InChI=1S/C18H21N5O4S2/c24-15(12-11-29-18(19-12)22-6-8-27-9-7-22)20-21-16(25)13-3-1-5-23(13)17(26)14-4-2-10-28-14/h2,4,10-11,13H,1,3,5-9H2,(H,20,24)(H,21,25)/t13-/m0/s1. The maximum atomic E-state index is 12.6. The van der Waals surface area contributed by atoms with Crippen LogP contribution in [0.5, 0.6) is 0 Å². The van der Waals surface area contributed by atoms with Crippen LogP contribution in [0.4, 0.5) is 5.13 Å². The first kappa shape index (κ1) is 19.8. The van der Waals surface area contributed by atoms with E-state index >= 15 is 0 Å². The second-order valence-electron chi connectivity index (χ2n) is 6.69. The molecule has 2 aliphatic rings. The van der Waals surface area contributed by atoms with Gasteiger partial charge in [-0.25, -0.2) is 4.98 Å². The number of aromatic nitrogens is 1. The van der Waals surface area contributed by atoms with Gasteiger partial charge in [0.1, 0.15) is 11.7 Å². The van der Waals surface area contributed by atoms with Crippen LogP contribution in [0, 0.1) is 0 Å². The number of likely N-dealkylation sites (tertiary alicyclic amines) is 1. The third-order valence-corrected chi connectivity index (χ3v) is 6.61. The highest BCUT2D eigenvalue weighted by Crippen LogP contribution is 2.23. The molecule has 11 heteroatoms. The fourth-order valence-corrected chi connectivity index (χ4v) is 4.90. The Hall–Kier alpha value is -2.50. The Bertz CT molecular complexity index is 879. The molecule has 1 atom stereocenters. The highest BCUT2D eigenvalue weighted by molar-refractivity contribution is 7.14. The highest BCUT2D eigenvalue weighted by Gasteiger charge is 2.35. The lowest BCUT2D eigenvalue weighted by Crippen LogP contribution is -2.51. The van der Waals surface area contributed by atoms with Crippen molar-refractivity contribution in [1.82, 2.24) is 20.7 Å². The molecule has 0 bridgehead atoms. The molecule has 9 nitrogen and oxygen atoms in total. The van der Waals surface area contributed by atoms with Crippen LogP contribution in [-0.4, -0.2) is 66.5 Å². The van der Waals surface area contributed by atoms with E-state index in [-0.39, 0.29) is 11.6 Å². The van der Waals surface area contributed by atoms with Crippen molar-refractivity contribution in [3.05, 3.63) is 33.5 Å². The molecule has 3 amide bonds. The molecule has 0 spiro atoms. The number of hydrogen-bond acceptors (Lipinski definition) is 8. The number of thiophene rings is 1. The number of rotatable bonds is 4. The van der Waals surface area contributed by atoms with Crippen LogP contribution in [0.25, 0.3) is 0 Å². The van der Waals surface area contributed by atoms with Crippen LogP contribution in [0.2, 0.25) is 0 Å². The quantitative estimate of drug-likeness (QED) is 0.698. The van der Waals surface area contributed by atoms with Gasteiger partial charge in [-0.2, -0.15) is 0 Å². The molecule has 0 aromatic carbocycles. The van der Waals surface area contributed by atoms with Gasteiger partial charge in [0, 0.05) is 25.0 Å². The number of thiazole rings is 1. The summed E-state index contributed by atoms with van der Waals surface area (Å²) in [6.45, 7) is 3.28. The van der Waals surface area contributed by atoms with E-state index in [1.54, 1.807) is 16.3 Å². The number of carbonyl (C=O) groups excluding carboxylic acids is 3. The van der Waals surface area contributed by atoms with E-state index in [9.17, 15) is 14.4 Å². The number of hydrogen-bond donors (Lipinski definition) is 2. The van der Waals surface area contributed by atoms with E-state index in [1.807, 2.05) is 11.4 Å². The minimum atomic E-state index is -0.593. The van der Waals surface area contributed by atoms with Crippen molar-refractivity contribution >= 4 is 45.5 Å². The van der Waals surface area contributed by atoms with Crippen molar-refractivity contribution in [2.24, 2.45) is 0 Å². The Balaban J connectivity index is 1.32. The summed E-state index contributed by atoms with van der Waals surface area (Å²) in [6, 6.07) is 2.96. The Morgan fingerprint density at radius 3 is 2.72 bits per heavy atom. The maximum Gasteiger partial charge on any atom is 0.289 e. The first-order valence-electron chi connectivity index (χ1n) is 9.36. The van der Waals surface area contributed by atoms with E-state index in [1.165, 1.54) is 22.7 Å². The zero-order valence-corrected chi connectivity index (χ0v) is 17.3. The summed E-state index contributed by atoms with van der Waals surface area (Å²) in [5, 5.41) is 4.25. The number of nitrogens with one attached hydrogen (secondary N) is 2. The fraction of sp³-hybridized carbons (Fsp3) is 0.444. The third-order valence-electron chi connectivity index (χ3n) is 4.85. The Morgan fingerprint density at radius 2 is 1.97 bits per heavy atom. The zero-order valence-electron chi connectivity index (χ0n) is 15.6. The molecule has 2 aromatic rings. The normalized spacial score (nSPS) is 19.2. The van der Waals surface area contributed by atoms with Crippen molar-refractivity contribution in [2.75, 3.05) is 37.7 Å². The van der Waals surface area contributed by atoms with Crippen molar-refractivity contribution in [3.8, 4) is 0 Å². The molecule has 4 rings (SSSR count). The molecule has 2 N–H and O–H groups in total. The molecule has 0 saturated carbocycles. The van der Waals surface area contributed by atoms with E-state index < -0.39 is 17.9 Å². The molecule has 0 radical (unpaired) electrons. The lowest BCUT2D eigenvalue weighted by molar-refractivity contribution is -0.125. The Kier molecular flexibility index (Phi) is 6.07. The van der Waals surface area contributed by atoms with E-state index in [2.05, 4.69) is 20.7 Å². The SMILES string of the molecule is O=C(NNC(=O)[C@@H]1CCCN1C(=O)c1cccs1)c1csc(N2CCOCC2)n1. The van der Waals surface area contributed by atoms with Crippen LogP contribution in [0.15, 0.2) is 22.9 Å². The number of anilines is 1. The first-order valence-corrected chi connectivity index (χ1v) is 11.1. The Labute approximate surface area is 175 Å². The van der Waals surface area contributed by atoms with Crippen LogP contribution in [-0.2, 0) is 9.53 Å². The van der Waals surface area contributed by atoms with Crippen LogP contribution in [0.3, 0.4) is 0 Å². The van der Waals surface area contributed by atoms with E-state index in [0.717, 1.165) is 24.6 Å². The van der Waals surface area contributed by atoms with Crippen molar-refractivity contribution in [3.63, 3.8) is 0 Å². The smallest absolute Gasteiger partial charge is 0.289 e. The van der Waals surface area contributed by atoms with E-state index in [0.29, 0.717) is 31.1 Å². The summed E-state index contributed by atoms with van der Waals surface area (Å²) in [5.74, 6) is -1.04. The van der Waals surface area contributed by atoms with Gasteiger partial charge in [-0.05, 0) is 24.3 Å². The second-order valence-corrected chi connectivity index (χ2v) is 8.48. The first-order chi connectivity index (χ1) is 14.1. The lowest BCUT2D eigenvalue weighted by Gasteiger charge is -2.26. The number of carbonyl (C=O) groups is 3. The van der Waals surface area contributed by atoms with Crippen molar-refractivity contribution in [2.45, 2.75) is 18.9 Å². The molecule has 0 unspecified atom stereocenters. The molecule has 29 heavy (non-hydrogen) atoms. The average molecular weight is 436 g/mol. The number of nitrogens with zero attached hydrogens (tertiary/aromatic N) is 3. The molecular formula is C18H21N5O4S2. The van der Waals surface area contributed by atoms with Crippen LogP contribution < -0.4 is 15.8 Å². The minimum Gasteiger partial charge on any atom is -0.378 e. The van der Waals surface area contributed by atoms with Gasteiger partial charge in [0.2, 0.25) is 0 Å². The van der Waals surface area contributed by atoms with Gasteiger partial charge in [0.05, 0.1) is 18.1 Å². The molecule has 0 aliphatic carbocycles. The second kappa shape index (κ2) is 8.89. The molecule has 2 saturated heterocycles. The molecule has 4 heterocycles. The average Bonchev–Trinajstić information content (AvgIpc) is 3.52. The van der Waals surface area contributed by atoms with Gasteiger partial charge in [0.25, 0.3) is 17.7 Å². The lowest BCUT2D eigenvalue weighted by atomic mass is 10.2. The zero-order chi connectivity index (χ0) is 20.2. The van der Waals surface area contributed by atoms with Crippen molar-refractivity contribution < 1.29 is 19.1 Å². The van der Waals surface area contributed by atoms with Gasteiger partial charge in [-0.15, -0.1) is 22.7 Å². The summed E-state index contributed by atoms with van der Waals surface area (Å²) >= 11 is 2.73. The topological polar surface area (TPSA) is 104 Å². The highest BCUT2D eigenvalue weighted by atomic mass is 32.1. The molecular weight excluding hydrogens is 414 g/mol. The monoisotopic (exact) mass is 435 g/mol. The predicted octanol–water partition coefficient (Wildman–Crippen LogP) is 1.11. The largest absolute Gasteiger partial charge is 0.378 e. The number of ether oxygens (including phenoxy) is 1. The van der Waals surface area contributed by atoms with Crippen molar-refractivity contribution in [1.29, 1.82) is 0 Å². The summed E-state index contributed by atoms with van der Waals surface area (Å²) in [6.07, 6.45) is 1.31. The van der Waals surface area contributed by atoms with Gasteiger partial charge in [0.15, 0.2) is 5.13 Å². The summed E-state index contributed by atoms with van der Waals surface area (Å²) in [5.41, 5.74) is 5.10. The number of amides is 3. The van der Waals surface area contributed by atoms with Crippen LogP contribution in [0.1, 0.15) is 33.0 Å². The van der Waals surface area contributed by atoms with Gasteiger partial charge in [-0.1, -0.05) is 6.07 Å². The molecule has 2 aliphatic heterocycles. The fourth-order valence-electron chi connectivity index (χ4n) is 3.36. The molecule has 2 aromatic heterocycles. The van der Waals surface area contributed by atoms with Gasteiger partial charge < -0.3 is 14.5 Å². The van der Waals surface area contributed by atoms with Gasteiger partial charge >= 0.3 is 0 Å². The summed E-state index contributed by atoms with van der Waals surface area (Å²) in [7, 11) is 0. The number of hydrazine groups is 1. The maximum absolute atomic E-state index is 12.6. The third kappa shape index (κ3) is 4.41. The van der Waals surface area contributed by atoms with E-state index in [4.69, 9.17) is 4.74 Å². The molecule has 154 valence electrons.